The number of piperidine rings is 1. The third kappa shape index (κ3) is 4.41. The van der Waals surface area contributed by atoms with Crippen molar-refractivity contribution in [2.24, 2.45) is 5.92 Å². The van der Waals surface area contributed by atoms with Crippen LogP contribution in [0.1, 0.15) is 23.3 Å². The number of aromatic amines is 1. The minimum Gasteiger partial charge on any atom is -0.357 e. The number of H-pyrrole nitrogens is 1. The first-order chi connectivity index (χ1) is 12.6. The molecule has 136 valence electrons. The number of likely N-dealkylation sites (tertiary alicyclic amines) is 1. The standard InChI is InChI=1S/C18H21N5O3/c24-16(21-22-17(25)15-9-4-10-19-15)13-6-5-11-23(12-13)18(26)20-14-7-2-1-3-8-14/h1-4,7-10,13,19H,5-6,11-12H2,(H,20,26)(H,21,24)(H,22,25). The van der Waals surface area contributed by atoms with Gasteiger partial charge in [-0.25, -0.2) is 4.79 Å². The largest absolute Gasteiger partial charge is 0.357 e. The number of nitrogens with zero attached hydrogens (tertiary/aromatic N) is 1. The zero-order valence-corrected chi connectivity index (χ0v) is 14.2. The minimum atomic E-state index is -0.419. The summed E-state index contributed by atoms with van der Waals surface area (Å²) < 4.78 is 0. The van der Waals surface area contributed by atoms with Gasteiger partial charge in [0.25, 0.3) is 5.91 Å². The molecule has 4 amide bonds. The Balaban J connectivity index is 1.50. The maximum atomic E-state index is 12.4. The molecule has 1 aromatic heterocycles. The monoisotopic (exact) mass is 355 g/mol. The zero-order chi connectivity index (χ0) is 18.4. The average molecular weight is 355 g/mol. The van der Waals surface area contributed by atoms with E-state index in [9.17, 15) is 14.4 Å². The first-order valence-corrected chi connectivity index (χ1v) is 8.48. The molecule has 8 nitrogen and oxygen atoms in total. The number of aromatic nitrogens is 1. The van der Waals surface area contributed by atoms with Crippen LogP contribution in [-0.2, 0) is 4.79 Å². The van der Waals surface area contributed by atoms with Crippen molar-refractivity contribution in [1.82, 2.24) is 20.7 Å². The number of carbonyl (C=O) groups excluding carboxylic acids is 3. The summed E-state index contributed by atoms with van der Waals surface area (Å²) in [5.74, 6) is -1.09. The van der Waals surface area contributed by atoms with E-state index in [-0.39, 0.29) is 17.9 Å². The molecule has 8 heteroatoms. The number of para-hydroxylation sites is 1. The Morgan fingerprint density at radius 1 is 1.04 bits per heavy atom. The van der Waals surface area contributed by atoms with E-state index in [1.165, 1.54) is 0 Å². The van der Waals surface area contributed by atoms with Gasteiger partial charge in [-0.15, -0.1) is 0 Å². The van der Waals surface area contributed by atoms with E-state index in [0.717, 1.165) is 6.42 Å². The molecule has 1 aliphatic rings. The van der Waals surface area contributed by atoms with Gasteiger partial charge in [0.2, 0.25) is 5.91 Å². The lowest BCUT2D eigenvalue weighted by molar-refractivity contribution is -0.127. The summed E-state index contributed by atoms with van der Waals surface area (Å²) in [6.07, 6.45) is 3.02. The molecule has 0 saturated carbocycles. The van der Waals surface area contributed by atoms with Crippen LogP contribution in [0.25, 0.3) is 0 Å². The number of rotatable bonds is 3. The third-order valence-corrected chi connectivity index (χ3v) is 4.25. The topological polar surface area (TPSA) is 106 Å². The Morgan fingerprint density at radius 3 is 2.58 bits per heavy atom. The molecular weight excluding hydrogens is 334 g/mol. The van der Waals surface area contributed by atoms with Crippen molar-refractivity contribution in [3.8, 4) is 0 Å². The summed E-state index contributed by atoms with van der Waals surface area (Å²) in [7, 11) is 0. The first kappa shape index (κ1) is 17.5. The molecule has 3 rings (SSSR count). The van der Waals surface area contributed by atoms with E-state index in [1.54, 1.807) is 23.2 Å². The van der Waals surface area contributed by atoms with Gasteiger partial charge in [-0.2, -0.15) is 0 Å². The Bertz CT molecular complexity index is 760. The number of hydrogen-bond donors (Lipinski definition) is 4. The van der Waals surface area contributed by atoms with Crippen LogP contribution in [-0.4, -0.2) is 40.8 Å². The third-order valence-electron chi connectivity index (χ3n) is 4.25. The van der Waals surface area contributed by atoms with Crippen LogP contribution in [0.3, 0.4) is 0 Å². The van der Waals surface area contributed by atoms with Gasteiger partial charge < -0.3 is 15.2 Å². The van der Waals surface area contributed by atoms with Gasteiger partial charge in [-0.1, -0.05) is 18.2 Å². The van der Waals surface area contributed by atoms with Gasteiger partial charge in [0.05, 0.1) is 5.92 Å². The van der Waals surface area contributed by atoms with E-state index in [4.69, 9.17) is 0 Å². The molecule has 0 radical (unpaired) electrons. The molecule has 1 saturated heterocycles. The fourth-order valence-electron chi connectivity index (χ4n) is 2.86. The van der Waals surface area contributed by atoms with Gasteiger partial charge >= 0.3 is 6.03 Å². The molecule has 0 spiro atoms. The summed E-state index contributed by atoms with van der Waals surface area (Å²) in [4.78, 5) is 40.9. The highest BCUT2D eigenvalue weighted by Gasteiger charge is 2.28. The fraction of sp³-hybridized carbons (Fsp3) is 0.278. The summed E-state index contributed by atoms with van der Waals surface area (Å²) in [5, 5.41) is 2.82. The number of nitrogens with one attached hydrogen (secondary N) is 4. The second kappa shape index (κ2) is 8.19. The average Bonchev–Trinajstić information content (AvgIpc) is 3.21. The minimum absolute atomic E-state index is 0.232. The molecular formula is C18H21N5O3. The lowest BCUT2D eigenvalue weighted by atomic mass is 9.98. The summed E-state index contributed by atoms with van der Waals surface area (Å²) in [6.45, 7) is 0.903. The fourth-order valence-corrected chi connectivity index (χ4v) is 2.86. The van der Waals surface area contributed by atoms with Gasteiger partial charge in [0, 0.05) is 25.0 Å². The normalized spacial score (nSPS) is 16.6. The number of benzene rings is 1. The van der Waals surface area contributed by atoms with Gasteiger partial charge in [0.1, 0.15) is 5.69 Å². The van der Waals surface area contributed by atoms with Crippen molar-refractivity contribution in [3.63, 3.8) is 0 Å². The van der Waals surface area contributed by atoms with Crippen LogP contribution in [0.4, 0.5) is 10.5 Å². The van der Waals surface area contributed by atoms with E-state index in [1.807, 2.05) is 30.3 Å². The maximum Gasteiger partial charge on any atom is 0.321 e. The van der Waals surface area contributed by atoms with Crippen molar-refractivity contribution < 1.29 is 14.4 Å². The lowest BCUT2D eigenvalue weighted by Crippen LogP contribution is -2.50. The van der Waals surface area contributed by atoms with E-state index in [0.29, 0.717) is 30.9 Å². The Kier molecular flexibility index (Phi) is 5.52. The van der Waals surface area contributed by atoms with Crippen molar-refractivity contribution in [2.45, 2.75) is 12.8 Å². The highest BCUT2D eigenvalue weighted by Crippen LogP contribution is 2.18. The summed E-state index contributed by atoms with van der Waals surface area (Å²) in [5.41, 5.74) is 5.88. The Hall–Kier alpha value is -3.29. The number of anilines is 1. The quantitative estimate of drug-likeness (QED) is 0.630. The van der Waals surface area contributed by atoms with Crippen LogP contribution in [0.5, 0.6) is 0 Å². The molecule has 0 bridgehead atoms. The predicted molar refractivity (Wildman–Crippen MR) is 96.2 cm³/mol. The number of hydrazine groups is 1. The number of urea groups is 1. The van der Waals surface area contributed by atoms with E-state index in [2.05, 4.69) is 21.2 Å². The second-order valence-electron chi connectivity index (χ2n) is 6.11. The molecule has 4 N–H and O–H groups in total. The molecule has 2 aromatic rings. The van der Waals surface area contributed by atoms with Crippen LogP contribution in [0.2, 0.25) is 0 Å². The van der Waals surface area contributed by atoms with Crippen LogP contribution < -0.4 is 16.2 Å². The summed E-state index contributed by atoms with van der Waals surface area (Å²) in [6, 6.07) is 12.2. The highest BCUT2D eigenvalue weighted by atomic mass is 16.2. The molecule has 26 heavy (non-hydrogen) atoms. The Morgan fingerprint density at radius 2 is 1.85 bits per heavy atom. The number of hydrogen-bond acceptors (Lipinski definition) is 3. The highest BCUT2D eigenvalue weighted by molar-refractivity contribution is 5.94. The maximum absolute atomic E-state index is 12.4. The molecule has 2 heterocycles. The smallest absolute Gasteiger partial charge is 0.321 e. The van der Waals surface area contributed by atoms with Gasteiger partial charge in [-0.05, 0) is 37.1 Å². The molecule has 1 aliphatic heterocycles. The SMILES string of the molecule is O=C(NNC(=O)C1CCCN(C(=O)Nc2ccccc2)C1)c1ccc[nH]1. The van der Waals surface area contributed by atoms with Gasteiger partial charge in [0.15, 0.2) is 0 Å². The molecule has 0 aliphatic carbocycles. The number of amides is 4. The Labute approximate surface area is 150 Å². The van der Waals surface area contributed by atoms with Crippen molar-refractivity contribution in [1.29, 1.82) is 0 Å². The van der Waals surface area contributed by atoms with E-state index < -0.39 is 5.91 Å². The van der Waals surface area contributed by atoms with Crippen molar-refractivity contribution in [2.75, 3.05) is 18.4 Å². The zero-order valence-electron chi connectivity index (χ0n) is 14.2. The molecule has 1 fully saturated rings. The molecule has 1 atom stereocenters. The lowest BCUT2D eigenvalue weighted by Gasteiger charge is -2.32. The van der Waals surface area contributed by atoms with Crippen LogP contribution in [0.15, 0.2) is 48.7 Å². The number of carbonyl (C=O) groups is 3. The van der Waals surface area contributed by atoms with Crippen LogP contribution in [0, 0.1) is 5.92 Å². The van der Waals surface area contributed by atoms with Crippen molar-refractivity contribution in [3.05, 3.63) is 54.4 Å². The first-order valence-electron chi connectivity index (χ1n) is 8.48. The van der Waals surface area contributed by atoms with E-state index >= 15 is 0 Å². The van der Waals surface area contributed by atoms with Crippen molar-refractivity contribution >= 4 is 23.5 Å². The molecule has 1 unspecified atom stereocenters. The van der Waals surface area contributed by atoms with Gasteiger partial charge in [-0.3, -0.25) is 20.4 Å². The predicted octanol–water partition coefficient (Wildman–Crippen LogP) is 1.72. The molecule has 1 aromatic carbocycles. The summed E-state index contributed by atoms with van der Waals surface area (Å²) >= 11 is 0. The second-order valence-corrected chi connectivity index (χ2v) is 6.11. The van der Waals surface area contributed by atoms with Crippen LogP contribution >= 0.6 is 0 Å².